The van der Waals surface area contributed by atoms with Crippen LogP contribution in [-0.4, -0.2) is 4.98 Å². The van der Waals surface area contributed by atoms with Crippen LogP contribution in [0.4, 0.5) is 14.5 Å². The highest BCUT2D eigenvalue weighted by atomic mass is 19.1. The molecule has 3 nitrogen and oxygen atoms in total. The summed E-state index contributed by atoms with van der Waals surface area (Å²) in [4.78, 5) is 3.62. The van der Waals surface area contributed by atoms with Crippen LogP contribution in [0, 0.1) is 11.8 Å². The molecule has 1 aromatic heterocycles. The Morgan fingerprint density at radius 3 is 2.39 bits per heavy atom. The molecule has 2 aromatic carbocycles. The van der Waals surface area contributed by atoms with E-state index in [0.29, 0.717) is 12.1 Å². The number of hydrogen-bond donors (Lipinski definition) is 2. The molecule has 0 saturated heterocycles. The Balaban J connectivity index is 1.71. The minimum Gasteiger partial charge on any atom is -0.321 e. The van der Waals surface area contributed by atoms with Gasteiger partial charge in [0.2, 0.25) is 5.95 Å². The van der Waals surface area contributed by atoms with Crippen molar-refractivity contribution in [3.05, 3.63) is 84.2 Å². The van der Waals surface area contributed by atoms with Gasteiger partial charge in [-0.15, -0.1) is 0 Å². The van der Waals surface area contributed by atoms with Gasteiger partial charge in [0.1, 0.15) is 5.82 Å². The quantitative estimate of drug-likeness (QED) is 0.549. The monoisotopic (exact) mass is 311 g/mol. The lowest BCUT2D eigenvalue weighted by Crippen LogP contribution is -2.21. The van der Waals surface area contributed by atoms with E-state index < -0.39 is 5.95 Å². The van der Waals surface area contributed by atoms with Crippen LogP contribution < -0.4 is 10.9 Å². The zero-order valence-electron chi connectivity index (χ0n) is 12.3. The molecule has 0 atom stereocenters. The molecule has 2 N–H and O–H groups in total. The number of hydrogen-bond acceptors (Lipinski definition) is 3. The van der Waals surface area contributed by atoms with Crippen LogP contribution in [-0.2, 0) is 6.54 Å². The van der Waals surface area contributed by atoms with Crippen LogP contribution in [0.15, 0.2) is 66.9 Å². The first-order valence-electron chi connectivity index (χ1n) is 7.16. The van der Waals surface area contributed by atoms with Crippen molar-refractivity contribution < 1.29 is 8.78 Å². The summed E-state index contributed by atoms with van der Waals surface area (Å²) in [6, 6.07) is 17.2. The molecule has 23 heavy (non-hydrogen) atoms. The second-order valence-corrected chi connectivity index (χ2v) is 5.02. The molecule has 0 saturated carbocycles. The molecule has 0 amide bonds. The van der Waals surface area contributed by atoms with Crippen LogP contribution in [0.25, 0.3) is 11.1 Å². The Kier molecular flexibility index (Phi) is 4.59. The normalized spacial score (nSPS) is 10.5. The Labute approximate surface area is 133 Å². The largest absolute Gasteiger partial charge is 0.321 e. The molecule has 1 heterocycles. The molecule has 0 unspecified atom stereocenters. The summed E-state index contributed by atoms with van der Waals surface area (Å²) in [7, 11) is 0. The second kappa shape index (κ2) is 6.98. The van der Waals surface area contributed by atoms with Crippen LogP contribution >= 0.6 is 0 Å². The van der Waals surface area contributed by atoms with Crippen LogP contribution in [0.3, 0.4) is 0 Å². The SMILES string of the molecule is Fc1ccc(-c2ccc(F)c(CNNc3ccccc3)c2)cn1. The molecule has 116 valence electrons. The predicted molar refractivity (Wildman–Crippen MR) is 86.5 cm³/mol. The number of pyridine rings is 1. The average Bonchev–Trinajstić information content (AvgIpc) is 2.58. The number of hydrazine groups is 1. The Hall–Kier alpha value is -2.79. The van der Waals surface area contributed by atoms with E-state index in [-0.39, 0.29) is 5.82 Å². The number of nitrogens with one attached hydrogen (secondary N) is 2. The Morgan fingerprint density at radius 2 is 1.65 bits per heavy atom. The van der Waals surface area contributed by atoms with Gasteiger partial charge in [0.15, 0.2) is 0 Å². The van der Waals surface area contributed by atoms with E-state index in [9.17, 15) is 8.78 Å². The number of aromatic nitrogens is 1. The van der Waals surface area contributed by atoms with E-state index in [1.807, 2.05) is 30.3 Å². The predicted octanol–water partition coefficient (Wildman–Crippen LogP) is 4.14. The summed E-state index contributed by atoms with van der Waals surface area (Å²) in [5.41, 5.74) is 8.92. The van der Waals surface area contributed by atoms with E-state index in [1.54, 1.807) is 18.2 Å². The van der Waals surface area contributed by atoms with Crippen molar-refractivity contribution in [3.63, 3.8) is 0 Å². The Morgan fingerprint density at radius 1 is 0.870 bits per heavy atom. The van der Waals surface area contributed by atoms with Gasteiger partial charge >= 0.3 is 0 Å². The summed E-state index contributed by atoms with van der Waals surface area (Å²) in [5.74, 6) is -0.837. The molecule has 3 aromatic rings. The minimum absolute atomic E-state index is 0.300. The molecule has 0 aliphatic heterocycles. The summed E-state index contributed by atoms with van der Waals surface area (Å²) in [6.07, 6.45) is 1.43. The van der Waals surface area contributed by atoms with Crippen molar-refractivity contribution in [1.82, 2.24) is 10.4 Å². The molecule has 0 aliphatic rings. The number of halogens is 2. The maximum Gasteiger partial charge on any atom is 0.212 e. The first-order valence-corrected chi connectivity index (χ1v) is 7.16. The zero-order chi connectivity index (χ0) is 16.1. The number of benzene rings is 2. The van der Waals surface area contributed by atoms with Crippen LogP contribution in [0.5, 0.6) is 0 Å². The van der Waals surface area contributed by atoms with E-state index >= 15 is 0 Å². The standard InChI is InChI=1S/C18H15F2N3/c19-17-8-6-13(14-7-9-18(20)21-11-14)10-15(17)12-22-23-16-4-2-1-3-5-16/h1-11,22-23H,12H2. The molecule has 0 spiro atoms. The number of anilines is 1. The van der Waals surface area contributed by atoms with Gasteiger partial charge in [0.05, 0.1) is 0 Å². The van der Waals surface area contributed by atoms with Gasteiger partial charge in [-0.25, -0.2) is 14.8 Å². The zero-order valence-corrected chi connectivity index (χ0v) is 12.3. The molecule has 0 radical (unpaired) electrons. The number of rotatable bonds is 5. The highest BCUT2D eigenvalue weighted by Gasteiger charge is 2.06. The van der Waals surface area contributed by atoms with Gasteiger partial charge in [-0.3, -0.25) is 0 Å². The van der Waals surface area contributed by atoms with Gasteiger partial charge in [-0.05, 0) is 42.0 Å². The van der Waals surface area contributed by atoms with E-state index in [4.69, 9.17) is 0 Å². The molecular formula is C18H15F2N3. The van der Waals surface area contributed by atoms with Crippen molar-refractivity contribution in [1.29, 1.82) is 0 Å². The van der Waals surface area contributed by atoms with Gasteiger partial charge in [0.25, 0.3) is 0 Å². The summed E-state index contributed by atoms with van der Waals surface area (Å²) >= 11 is 0. The molecular weight excluding hydrogens is 296 g/mol. The molecule has 5 heteroatoms. The van der Waals surface area contributed by atoms with Crippen molar-refractivity contribution in [3.8, 4) is 11.1 Å². The van der Waals surface area contributed by atoms with Gasteiger partial charge in [0, 0.05) is 29.6 Å². The fourth-order valence-corrected chi connectivity index (χ4v) is 2.20. The smallest absolute Gasteiger partial charge is 0.212 e. The Bertz CT molecular complexity index is 774. The van der Waals surface area contributed by atoms with Crippen LogP contribution in [0.2, 0.25) is 0 Å². The molecule has 0 aliphatic carbocycles. The maximum atomic E-state index is 13.9. The third kappa shape index (κ3) is 3.90. The lowest BCUT2D eigenvalue weighted by atomic mass is 10.0. The maximum absolute atomic E-state index is 13.9. The van der Waals surface area contributed by atoms with Crippen LogP contribution in [0.1, 0.15) is 5.56 Å². The summed E-state index contributed by atoms with van der Waals surface area (Å²) in [6.45, 7) is 0.309. The van der Waals surface area contributed by atoms with Crippen molar-refractivity contribution in [2.45, 2.75) is 6.54 Å². The highest BCUT2D eigenvalue weighted by Crippen LogP contribution is 2.21. The summed E-state index contributed by atoms with van der Waals surface area (Å²) in [5, 5.41) is 0. The van der Waals surface area contributed by atoms with E-state index in [0.717, 1.165) is 16.8 Å². The third-order valence-electron chi connectivity index (χ3n) is 3.39. The lowest BCUT2D eigenvalue weighted by Gasteiger charge is -2.10. The van der Waals surface area contributed by atoms with Crippen molar-refractivity contribution in [2.75, 3.05) is 5.43 Å². The average molecular weight is 311 g/mol. The molecule has 0 fully saturated rings. The van der Waals surface area contributed by atoms with Gasteiger partial charge in [-0.2, -0.15) is 4.39 Å². The third-order valence-corrected chi connectivity index (χ3v) is 3.39. The van der Waals surface area contributed by atoms with Crippen molar-refractivity contribution >= 4 is 5.69 Å². The summed E-state index contributed by atoms with van der Waals surface area (Å²) < 4.78 is 26.8. The first-order chi connectivity index (χ1) is 11.2. The number of para-hydroxylation sites is 1. The number of nitrogens with zero attached hydrogens (tertiary/aromatic N) is 1. The fraction of sp³-hybridized carbons (Fsp3) is 0.0556. The lowest BCUT2D eigenvalue weighted by molar-refractivity contribution is 0.584. The molecule has 3 rings (SSSR count). The first kappa shape index (κ1) is 15.1. The van der Waals surface area contributed by atoms with E-state index in [2.05, 4.69) is 15.8 Å². The second-order valence-electron chi connectivity index (χ2n) is 5.02. The topological polar surface area (TPSA) is 37.0 Å². The highest BCUT2D eigenvalue weighted by molar-refractivity contribution is 5.63. The van der Waals surface area contributed by atoms with Gasteiger partial charge in [-0.1, -0.05) is 24.3 Å². The minimum atomic E-state index is -0.537. The van der Waals surface area contributed by atoms with E-state index in [1.165, 1.54) is 18.3 Å². The van der Waals surface area contributed by atoms with Gasteiger partial charge < -0.3 is 5.43 Å². The van der Waals surface area contributed by atoms with Crippen molar-refractivity contribution in [2.24, 2.45) is 0 Å². The molecule has 0 bridgehead atoms. The fourth-order valence-electron chi connectivity index (χ4n) is 2.20.